The fourth-order valence-electron chi connectivity index (χ4n) is 3.62. The van der Waals surface area contributed by atoms with Crippen molar-refractivity contribution in [3.63, 3.8) is 0 Å². The third-order valence-corrected chi connectivity index (χ3v) is 5.08. The van der Waals surface area contributed by atoms with Crippen molar-refractivity contribution in [3.8, 4) is 11.5 Å². The number of hydrogen-bond acceptors (Lipinski definition) is 4. The molecule has 1 saturated heterocycles. The molecule has 5 nitrogen and oxygen atoms in total. The van der Waals surface area contributed by atoms with Crippen LogP contribution in [0.2, 0.25) is 0 Å². The summed E-state index contributed by atoms with van der Waals surface area (Å²) in [5, 5.41) is 0. The number of para-hydroxylation sites is 1. The van der Waals surface area contributed by atoms with Crippen molar-refractivity contribution in [2.45, 2.75) is 25.2 Å². The number of likely N-dealkylation sites (tertiary alicyclic amines) is 1. The molecule has 0 radical (unpaired) electrons. The van der Waals surface area contributed by atoms with E-state index in [9.17, 15) is 9.59 Å². The molecular formula is C22H25NO4. The molecule has 0 aromatic heterocycles. The van der Waals surface area contributed by atoms with Crippen LogP contribution in [0.25, 0.3) is 0 Å². The molecule has 1 heterocycles. The van der Waals surface area contributed by atoms with E-state index in [1.807, 2.05) is 41.3 Å². The zero-order chi connectivity index (χ0) is 19.2. The highest BCUT2D eigenvalue weighted by Gasteiger charge is 2.30. The second kappa shape index (κ2) is 8.71. The number of amides is 1. The van der Waals surface area contributed by atoms with Crippen LogP contribution in [-0.2, 0) is 4.79 Å². The van der Waals surface area contributed by atoms with Crippen molar-refractivity contribution >= 4 is 11.7 Å². The van der Waals surface area contributed by atoms with Gasteiger partial charge in [-0.25, -0.2) is 0 Å². The van der Waals surface area contributed by atoms with Crippen LogP contribution in [0.1, 0.15) is 41.1 Å². The lowest BCUT2D eigenvalue weighted by atomic mass is 9.97. The van der Waals surface area contributed by atoms with Gasteiger partial charge in [-0.05, 0) is 12.5 Å². The number of methoxy groups -OCH3 is 2. The number of benzene rings is 2. The van der Waals surface area contributed by atoms with Crippen molar-refractivity contribution in [2.24, 2.45) is 0 Å². The van der Waals surface area contributed by atoms with Crippen LogP contribution in [0, 0.1) is 0 Å². The molecule has 27 heavy (non-hydrogen) atoms. The Morgan fingerprint density at radius 2 is 1.78 bits per heavy atom. The fourth-order valence-corrected chi connectivity index (χ4v) is 3.62. The summed E-state index contributed by atoms with van der Waals surface area (Å²) in [5.74, 6) is 1.69. The first-order valence-corrected chi connectivity index (χ1v) is 9.21. The van der Waals surface area contributed by atoms with Crippen LogP contribution in [-0.4, -0.2) is 43.9 Å². The number of ketones is 1. The highest BCUT2D eigenvalue weighted by atomic mass is 16.5. The Hall–Kier alpha value is -2.82. The Balaban J connectivity index is 1.59. The summed E-state index contributed by atoms with van der Waals surface area (Å²) in [5.41, 5.74) is 1.72. The summed E-state index contributed by atoms with van der Waals surface area (Å²) in [6.45, 7) is 1.34. The molecule has 3 rings (SSSR count). The fraction of sp³-hybridized carbons (Fsp3) is 0.364. The highest BCUT2D eigenvalue weighted by Crippen LogP contribution is 2.39. The van der Waals surface area contributed by atoms with E-state index in [1.54, 1.807) is 26.4 Å². The molecule has 1 aliphatic rings. The zero-order valence-electron chi connectivity index (χ0n) is 15.8. The first kappa shape index (κ1) is 19.0. The monoisotopic (exact) mass is 367 g/mol. The van der Waals surface area contributed by atoms with Gasteiger partial charge in [-0.1, -0.05) is 42.5 Å². The predicted octanol–water partition coefficient (Wildman–Crippen LogP) is 3.68. The van der Waals surface area contributed by atoms with E-state index >= 15 is 0 Å². The Morgan fingerprint density at radius 1 is 1.00 bits per heavy atom. The van der Waals surface area contributed by atoms with Crippen molar-refractivity contribution in [3.05, 3.63) is 59.7 Å². The molecule has 0 aliphatic carbocycles. The molecule has 0 unspecified atom stereocenters. The van der Waals surface area contributed by atoms with Crippen LogP contribution in [0.3, 0.4) is 0 Å². The van der Waals surface area contributed by atoms with Gasteiger partial charge in [0.1, 0.15) is 0 Å². The standard InChI is InChI=1S/C22H25NO4/c1-26-20-10-6-9-18(22(20)27-2)17-13-14-23(15-17)21(25)12-11-19(24)16-7-4-3-5-8-16/h3-10,17H,11-15H2,1-2H3/t17-/m0/s1. The lowest BCUT2D eigenvalue weighted by molar-refractivity contribution is -0.130. The third kappa shape index (κ3) is 4.30. The molecule has 2 aromatic rings. The van der Waals surface area contributed by atoms with E-state index < -0.39 is 0 Å². The maximum Gasteiger partial charge on any atom is 0.223 e. The van der Waals surface area contributed by atoms with E-state index in [4.69, 9.17) is 9.47 Å². The minimum absolute atomic E-state index is 0.00848. The first-order valence-electron chi connectivity index (χ1n) is 9.21. The molecule has 0 saturated carbocycles. The summed E-state index contributed by atoms with van der Waals surface area (Å²) < 4.78 is 10.9. The number of nitrogens with zero attached hydrogens (tertiary/aromatic N) is 1. The van der Waals surface area contributed by atoms with Crippen molar-refractivity contribution < 1.29 is 19.1 Å². The van der Waals surface area contributed by atoms with Crippen LogP contribution < -0.4 is 9.47 Å². The Bertz CT molecular complexity index is 803. The third-order valence-electron chi connectivity index (χ3n) is 5.08. The molecule has 0 bridgehead atoms. The Morgan fingerprint density at radius 3 is 2.48 bits per heavy atom. The summed E-state index contributed by atoms with van der Waals surface area (Å²) in [6, 6.07) is 15.0. The van der Waals surface area contributed by atoms with Crippen LogP contribution in [0.5, 0.6) is 11.5 Å². The van der Waals surface area contributed by atoms with Gasteiger partial charge in [0.25, 0.3) is 0 Å². The minimum atomic E-state index is 0.00848. The van der Waals surface area contributed by atoms with Crippen LogP contribution in [0.4, 0.5) is 0 Å². The smallest absolute Gasteiger partial charge is 0.223 e. The average molecular weight is 367 g/mol. The van der Waals surface area contributed by atoms with Gasteiger partial charge in [0.15, 0.2) is 17.3 Å². The van der Waals surface area contributed by atoms with Gasteiger partial charge >= 0.3 is 0 Å². The van der Waals surface area contributed by atoms with Crippen molar-refractivity contribution in [1.82, 2.24) is 4.90 Å². The Kier molecular flexibility index (Phi) is 6.12. The number of rotatable bonds is 7. The molecule has 1 aliphatic heterocycles. The van der Waals surface area contributed by atoms with Crippen LogP contribution >= 0.6 is 0 Å². The normalized spacial score (nSPS) is 16.2. The summed E-state index contributed by atoms with van der Waals surface area (Å²) in [7, 11) is 3.25. The molecule has 1 atom stereocenters. The summed E-state index contributed by atoms with van der Waals surface area (Å²) in [4.78, 5) is 26.6. The molecule has 5 heteroatoms. The number of Topliss-reactive ketones (excluding diaryl/α,β-unsaturated/α-hetero) is 1. The largest absolute Gasteiger partial charge is 0.493 e. The van der Waals surface area contributed by atoms with Crippen molar-refractivity contribution in [2.75, 3.05) is 27.3 Å². The maximum atomic E-state index is 12.6. The van der Waals surface area contributed by atoms with E-state index in [2.05, 4.69) is 0 Å². The van der Waals surface area contributed by atoms with Gasteiger partial charge in [0.05, 0.1) is 14.2 Å². The van der Waals surface area contributed by atoms with Gasteiger partial charge in [-0.2, -0.15) is 0 Å². The SMILES string of the molecule is COc1cccc([C@H]2CCN(C(=O)CCC(=O)c3ccccc3)C2)c1OC. The van der Waals surface area contributed by atoms with E-state index in [-0.39, 0.29) is 30.4 Å². The number of hydrogen-bond donors (Lipinski definition) is 0. The summed E-state index contributed by atoms with van der Waals surface area (Å²) in [6.07, 6.45) is 1.37. The molecule has 0 N–H and O–H groups in total. The molecule has 1 fully saturated rings. The summed E-state index contributed by atoms with van der Waals surface area (Å²) >= 11 is 0. The minimum Gasteiger partial charge on any atom is -0.493 e. The second-order valence-corrected chi connectivity index (χ2v) is 6.70. The van der Waals surface area contributed by atoms with Gasteiger partial charge in [-0.15, -0.1) is 0 Å². The van der Waals surface area contributed by atoms with Gasteiger partial charge in [-0.3, -0.25) is 9.59 Å². The predicted molar refractivity (Wildman–Crippen MR) is 103 cm³/mol. The lowest BCUT2D eigenvalue weighted by Crippen LogP contribution is -2.28. The molecular weight excluding hydrogens is 342 g/mol. The number of carbonyl (C=O) groups excluding carboxylic acids is 2. The number of carbonyl (C=O) groups is 2. The topological polar surface area (TPSA) is 55.8 Å². The zero-order valence-corrected chi connectivity index (χ0v) is 15.8. The molecule has 1 amide bonds. The number of ether oxygens (including phenoxy) is 2. The second-order valence-electron chi connectivity index (χ2n) is 6.70. The lowest BCUT2D eigenvalue weighted by Gasteiger charge is -2.19. The van der Waals surface area contributed by atoms with Crippen LogP contribution in [0.15, 0.2) is 48.5 Å². The van der Waals surface area contributed by atoms with E-state index in [1.165, 1.54) is 0 Å². The molecule has 2 aromatic carbocycles. The Labute approximate surface area is 159 Å². The van der Waals surface area contributed by atoms with Gasteiger partial charge in [0, 0.05) is 43.0 Å². The first-order chi connectivity index (χ1) is 13.1. The van der Waals surface area contributed by atoms with E-state index in [0.29, 0.717) is 24.4 Å². The quantitative estimate of drug-likeness (QED) is 0.701. The highest BCUT2D eigenvalue weighted by molar-refractivity contribution is 5.97. The average Bonchev–Trinajstić information content (AvgIpc) is 3.21. The van der Waals surface area contributed by atoms with Crippen molar-refractivity contribution in [1.29, 1.82) is 0 Å². The molecule has 0 spiro atoms. The maximum absolute atomic E-state index is 12.6. The molecule has 142 valence electrons. The van der Waals surface area contributed by atoms with E-state index in [0.717, 1.165) is 17.7 Å². The van der Waals surface area contributed by atoms with Gasteiger partial charge < -0.3 is 14.4 Å². The van der Waals surface area contributed by atoms with Gasteiger partial charge in [0.2, 0.25) is 5.91 Å².